The minimum atomic E-state index is -0.268. The number of carbonyl (C=O) groups is 1. The Morgan fingerprint density at radius 2 is 1.81 bits per heavy atom. The molecule has 0 spiro atoms. The number of aromatic nitrogens is 1. The summed E-state index contributed by atoms with van der Waals surface area (Å²) >= 11 is 0. The third kappa shape index (κ3) is 4.24. The topological polar surface area (TPSA) is 51.7 Å². The summed E-state index contributed by atoms with van der Waals surface area (Å²) in [6, 6.07) is 15.5. The number of rotatable bonds is 5. The number of ether oxygens (including phenoxy) is 2. The number of hydrogen-bond acceptors (Lipinski definition) is 4. The maximum Gasteiger partial charge on any atom is 0.258 e. The molecule has 0 aliphatic carbocycles. The van der Waals surface area contributed by atoms with Crippen LogP contribution in [0.5, 0.6) is 11.5 Å². The van der Waals surface area contributed by atoms with Crippen molar-refractivity contribution in [2.45, 2.75) is 25.8 Å². The van der Waals surface area contributed by atoms with Crippen molar-refractivity contribution in [3.63, 3.8) is 0 Å². The molecule has 0 N–H and O–H groups in total. The summed E-state index contributed by atoms with van der Waals surface area (Å²) < 4.78 is 24.0. The van der Waals surface area contributed by atoms with E-state index < -0.39 is 0 Å². The molecule has 1 saturated heterocycles. The van der Waals surface area contributed by atoms with Gasteiger partial charge in [-0.2, -0.15) is 0 Å². The first kappa shape index (κ1) is 20.8. The molecule has 2 heterocycles. The van der Waals surface area contributed by atoms with Gasteiger partial charge in [0.25, 0.3) is 5.91 Å². The highest BCUT2D eigenvalue weighted by atomic mass is 19.1. The zero-order valence-electron chi connectivity index (χ0n) is 17.9. The number of nitrogens with zero attached hydrogens (tertiary/aromatic N) is 2. The number of likely N-dealkylation sites (tertiary alicyclic amines) is 1. The van der Waals surface area contributed by atoms with Crippen LogP contribution in [0.25, 0.3) is 11.1 Å². The summed E-state index contributed by atoms with van der Waals surface area (Å²) in [7, 11) is 3.12. The molecule has 1 amide bonds. The highest BCUT2D eigenvalue weighted by Gasteiger charge is 2.33. The van der Waals surface area contributed by atoms with Crippen LogP contribution >= 0.6 is 0 Å². The Balaban J connectivity index is 1.67. The number of methoxy groups -OCH3 is 2. The zero-order chi connectivity index (χ0) is 22.0. The minimum Gasteiger partial charge on any atom is -0.497 e. The van der Waals surface area contributed by atoms with E-state index in [0.717, 1.165) is 35.4 Å². The molecule has 0 unspecified atom stereocenters. The van der Waals surface area contributed by atoms with Gasteiger partial charge in [-0.1, -0.05) is 12.1 Å². The average molecular weight is 420 g/mol. The van der Waals surface area contributed by atoms with E-state index in [-0.39, 0.29) is 17.8 Å². The third-order valence-electron chi connectivity index (χ3n) is 5.64. The highest BCUT2D eigenvalue weighted by molar-refractivity contribution is 5.97. The van der Waals surface area contributed by atoms with E-state index in [4.69, 9.17) is 14.5 Å². The number of hydrogen-bond donors (Lipinski definition) is 0. The largest absolute Gasteiger partial charge is 0.497 e. The number of halogens is 1. The van der Waals surface area contributed by atoms with Crippen LogP contribution in [-0.2, 0) is 0 Å². The van der Waals surface area contributed by atoms with Gasteiger partial charge in [0.1, 0.15) is 17.3 Å². The number of carbonyl (C=O) groups excluding carboxylic acids is 1. The van der Waals surface area contributed by atoms with Gasteiger partial charge in [0, 0.05) is 18.3 Å². The number of amides is 1. The van der Waals surface area contributed by atoms with Crippen molar-refractivity contribution >= 4 is 5.91 Å². The minimum absolute atomic E-state index is 0.0892. The van der Waals surface area contributed by atoms with Gasteiger partial charge < -0.3 is 14.4 Å². The molecule has 2 aromatic carbocycles. The second kappa shape index (κ2) is 8.76. The Labute approximate surface area is 181 Å². The fourth-order valence-electron chi connectivity index (χ4n) is 4.12. The van der Waals surface area contributed by atoms with Crippen LogP contribution in [0.15, 0.2) is 54.6 Å². The molecule has 1 aromatic heterocycles. The second-order valence-corrected chi connectivity index (χ2v) is 7.65. The molecule has 0 saturated carbocycles. The lowest BCUT2D eigenvalue weighted by atomic mass is 10.0. The van der Waals surface area contributed by atoms with Gasteiger partial charge in [-0.3, -0.25) is 9.78 Å². The van der Waals surface area contributed by atoms with Crippen LogP contribution < -0.4 is 9.47 Å². The molecule has 3 aromatic rings. The quantitative estimate of drug-likeness (QED) is 0.570. The van der Waals surface area contributed by atoms with Crippen LogP contribution in [0, 0.1) is 12.7 Å². The van der Waals surface area contributed by atoms with E-state index in [0.29, 0.717) is 23.6 Å². The standard InChI is InChI=1S/C25H25FN2O3/c1-16-13-18(17-6-8-19(26)9-7-17)14-22(27-16)23-5-4-12-28(23)25(29)21-11-10-20(30-2)15-24(21)31-3/h6-11,13-15,23H,4-5,12H2,1-3H3/t23-/m1/s1. The number of aryl methyl sites for hydroxylation is 1. The molecule has 1 aliphatic rings. The van der Waals surface area contributed by atoms with Gasteiger partial charge in [0.05, 0.1) is 31.5 Å². The fraction of sp³-hybridized carbons (Fsp3) is 0.280. The molecule has 0 bridgehead atoms. The first-order valence-corrected chi connectivity index (χ1v) is 10.3. The van der Waals surface area contributed by atoms with Crippen molar-refractivity contribution in [1.82, 2.24) is 9.88 Å². The molecule has 1 fully saturated rings. The molecule has 5 nitrogen and oxygen atoms in total. The Hall–Kier alpha value is -3.41. The van der Waals surface area contributed by atoms with E-state index in [1.54, 1.807) is 44.6 Å². The summed E-state index contributed by atoms with van der Waals surface area (Å²) in [6.45, 7) is 2.59. The molecule has 1 atom stereocenters. The predicted octanol–water partition coefficient (Wildman–Crippen LogP) is 5.19. The molecule has 0 radical (unpaired) electrons. The summed E-state index contributed by atoms with van der Waals surface area (Å²) in [5.41, 5.74) is 4.09. The van der Waals surface area contributed by atoms with Gasteiger partial charge in [0.2, 0.25) is 0 Å². The van der Waals surface area contributed by atoms with E-state index in [1.807, 2.05) is 24.0 Å². The first-order chi connectivity index (χ1) is 15.0. The molecule has 31 heavy (non-hydrogen) atoms. The fourth-order valence-corrected chi connectivity index (χ4v) is 4.12. The van der Waals surface area contributed by atoms with Gasteiger partial charge >= 0.3 is 0 Å². The predicted molar refractivity (Wildman–Crippen MR) is 117 cm³/mol. The maximum atomic E-state index is 13.4. The Morgan fingerprint density at radius 3 is 2.52 bits per heavy atom. The highest BCUT2D eigenvalue weighted by Crippen LogP contribution is 2.36. The number of pyridine rings is 1. The zero-order valence-corrected chi connectivity index (χ0v) is 17.9. The molecule has 6 heteroatoms. The van der Waals surface area contributed by atoms with Crippen LogP contribution in [0.1, 0.15) is 40.6 Å². The van der Waals surface area contributed by atoms with Crippen LogP contribution in [0.3, 0.4) is 0 Å². The molecule has 1 aliphatic heterocycles. The van der Waals surface area contributed by atoms with E-state index >= 15 is 0 Å². The second-order valence-electron chi connectivity index (χ2n) is 7.65. The monoisotopic (exact) mass is 420 g/mol. The van der Waals surface area contributed by atoms with E-state index in [9.17, 15) is 9.18 Å². The molecule has 4 rings (SSSR count). The Bertz CT molecular complexity index is 1100. The lowest BCUT2D eigenvalue weighted by molar-refractivity contribution is 0.0729. The van der Waals surface area contributed by atoms with E-state index in [2.05, 4.69) is 0 Å². The lowest BCUT2D eigenvalue weighted by Gasteiger charge is -2.26. The van der Waals surface area contributed by atoms with Crippen molar-refractivity contribution < 1.29 is 18.7 Å². The van der Waals surface area contributed by atoms with Crippen LogP contribution in [0.2, 0.25) is 0 Å². The van der Waals surface area contributed by atoms with Gasteiger partial charge in [-0.25, -0.2) is 4.39 Å². The van der Waals surface area contributed by atoms with Crippen molar-refractivity contribution in [3.05, 3.63) is 77.4 Å². The molecule has 160 valence electrons. The lowest BCUT2D eigenvalue weighted by Crippen LogP contribution is -2.31. The number of benzene rings is 2. The Kier molecular flexibility index (Phi) is 5.89. The average Bonchev–Trinajstić information content (AvgIpc) is 3.28. The summed E-state index contributed by atoms with van der Waals surface area (Å²) in [6.07, 6.45) is 1.74. The maximum absolute atomic E-state index is 13.4. The summed E-state index contributed by atoms with van der Waals surface area (Å²) in [5, 5.41) is 0. The summed E-state index contributed by atoms with van der Waals surface area (Å²) in [5.74, 6) is 0.763. The van der Waals surface area contributed by atoms with Gasteiger partial charge in [-0.15, -0.1) is 0 Å². The molecular weight excluding hydrogens is 395 g/mol. The Morgan fingerprint density at radius 1 is 1.03 bits per heavy atom. The normalized spacial score (nSPS) is 15.7. The SMILES string of the molecule is COc1ccc(C(=O)N2CCC[C@@H]2c2cc(-c3ccc(F)cc3)cc(C)n2)c(OC)c1. The van der Waals surface area contributed by atoms with Crippen LogP contribution in [0.4, 0.5) is 4.39 Å². The molecular formula is C25H25FN2O3. The van der Waals surface area contributed by atoms with Crippen molar-refractivity contribution in [2.75, 3.05) is 20.8 Å². The smallest absolute Gasteiger partial charge is 0.258 e. The van der Waals surface area contributed by atoms with Crippen molar-refractivity contribution in [1.29, 1.82) is 0 Å². The van der Waals surface area contributed by atoms with Gasteiger partial charge in [0.15, 0.2) is 0 Å². The first-order valence-electron chi connectivity index (χ1n) is 10.3. The van der Waals surface area contributed by atoms with Gasteiger partial charge in [-0.05, 0) is 67.3 Å². The van der Waals surface area contributed by atoms with E-state index in [1.165, 1.54) is 12.1 Å². The van der Waals surface area contributed by atoms with Crippen molar-refractivity contribution in [2.24, 2.45) is 0 Å². The third-order valence-corrected chi connectivity index (χ3v) is 5.64. The van der Waals surface area contributed by atoms with Crippen LogP contribution in [-0.4, -0.2) is 36.6 Å². The summed E-state index contributed by atoms with van der Waals surface area (Å²) in [4.78, 5) is 20.0. The van der Waals surface area contributed by atoms with Crippen molar-refractivity contribution in [3.8, 4) is 22.6 Å².